The predicted molar refractivity (Wildman–Crippen MR) is 55.8 cm³/mol. The van der Waals surface area contributed by atoms with Crippen molar-refractivity contribution in [2.45, 2.75) is 38.7 Å². The largest absolute Gasteiger partial charge is 0.501 e. The zero-order valence-electron chi connectivity index (χ0n) is 8.92. The molecule has 2 unspecified atom stereocenters. The monoisotopic (exact) mass is 194 g/mol. The van der Waals surface area contributed by atoms with E-state index in [2.05, 4.69) is 19.1 Å². The van der Waals surface area contributed by atoms with Crippen LogP contribution in [0.25, 0.3) is 0 Å². The van der Waals surface area contributed by atoms with Gasteiger partial charge in [0.2, 0.25) is 0 Å². The van der Waals surface area contributed by atoms with E-state index in [1.54, 1.807) is 7.11 Å². The van der Waals surface area contributed by atoms with Gasteiger partial charge in [0.05, 0.1) is 19.0 Å². The van der Waals surface area contributed by atoms with Gasteiger partial charge in [0.1, 0.15) is 0 Å². The molecule has 0 saturated heterocycles. The fourth-order valence-electron chi connectivity index (χ4n) is 2.54. The maximum atomic E-state index is 10.0. The van der Waals surface area contributed by atoms with Gasteiger partial charge in [-0.3, -0.25) is 0 Å². The van der Waals surface area contributed by atoms with Crippen molar-refractivity contribution in [3.05, 3.63) is 23.5 Å². The summed E-state index contributed by atoms with van der Waals surface area (Å²) in [7, 11) is 1.70. The highest BCUT2D eigenvalue weighted by molar-refractivity contribution is 5.32. The van der Waals surface area contributed by atoms with Gasteiger partial charge in [-0.05, 0) is 32.3 Å². The van der Waals surface area contributed by atoms with E-state index in [9.17, 15) is 5.11 Å². The molecule has 0 heterocycles. The topological polar surface area (TPSA) is 29.5 Å². The van der Waals surface area contributed by atoms with Crippen LogP contribution >= 0.6 is 0 Å². The Bertz CT molecular complexity index is 291. The van der Waals surface area contributed by atoms with Gasteiger partial charge in [0.15, 0.2) is 0 Å². The molecule has 0 aromatic carbocycles. The smallest absolute Gasteiger partial charge is 0.0963 e. The molecule has 1 fully saturated rings. The van der Waals surface area contributed by atoms with Crippen LogP contribution in [0.5, 0.6) is 0 Å². The Kier molecular flexibility index (Phi) is 2.40. The van der Waals surface area contributed by atoms with Crippen molar-refractivity contribution >= 4 is 0 Å². The van der Waals surface area contributed by atoms with Crippen LogP contribution in [0, 0.1) is 5.41 Å². The Morgan fingerprint density at radius 2 is 2.36 bits per heavy atom. The molecule has 0 aliphatic heterocycles. The molecule has 0 amide bonds. The predicted octanol–water partition coefficient (Wildman–Crippen LogP) is 2.40. The molecule has 0 aromatic rings. The first kappa shape index (κ1) is 9.78. The van der Waals surface area contributed by atoms with Gasteiger partial charge < -0.3 is 9.84 Å². The molecule has 2 rings (SSSR count). The van der Waals surface area contributed by atoms with E-state index in [0.29, 0.717) is 0 Å². The maximum Gasteiger partial charge on any atom is 0.0963 e. The molecule has 14 heavy (non-hydrogen) atoms. The summed E-state index contributed by atoms with van der Waals surface area (Å²) in [5, 5.41) is 10.0. The molecule has 2 atom stereocenters. The molecule has 0 spiro atoms. The molecule has 2 nitrogen and oxygen atoms in total. The molecule has 78 valence electrons. The summed E-state index contributed by atoms with van der Waals surface area (Å²) in [4.78, 5) is 0. The van der Waals surface area contributed by atoms with Crippen LogP contribution in [0.3, 0.4) is 0 Å². The molecule has 0 aromatic heterocycles. The van der Waals surface area contributed by atoms with Gasteiger partial charge in [-0.2, -0.15) is 0 Å². The molecule has 1 saturated carbocycles. The van der Waals surface area contributed by atoms with E-state index in [1.807, 2.05) is 0 Å². The summed E-state index contributed by atoms with van der Waals surface area (Å²) < 4.78 is 5.26. The lowest BCUT2D eigenvalue weighted by molar-refractivity contribution is 0.0604. The third kappa shape index (κ3) is 1.38. The van der Waals surface area contributed by atoms with E-state index < -0.39 is 0 Å². The third-order valence-electron chi connectivity index (χ3n) is 3.58. The SMILES string of the molecule is COC1=CC2(C)C(=CC1)CCCC2O. The second-order valence-corrected chi connectivity index (χ2v) is 4.44. The van der Waals surface area contributed by atoms with Gasteiger partial charge in [-0.25, -0.2) is 0 Å². The molecule has 1 N–H and O–H groups in total. The van der Waals surface area contributed by atoms with Crippen molar-refractivity contribution < 1.29 is 9.84 Å². The van der Waals surface area contributed by atoms with Gasteiger partial charge >= 0.3 is 0 Å². The molecular formula is C12H18O2. The second-order valence-electron chi connectivity index (χ2n) is 4.44. The molecule has 0 radical (unpaired) electrons. The fraction of sp³-hybridized carbons (Fsp3) is 0.667. The van der Waals surface area contributed by atoms with Crippen LogP contribution < -0.4 is 0 Å². The number of ether oxygens (including phenoxy) is 1. The van der Waals surface area contributed by atoms with Crippen molar-refractivity contribution in [2.24, 2.45) is 5.41 Å². The highest BCUT2D eigenvalue weighted by Crippen LogP contribution is 2.45. The molecule has 2 aliphatic rings. The molecular weight excluding hydrogens is 176 g/mol. The minimum atomic E-state index is -0.243. The van der Waals surface area contributed by atoms with Gasteiger partial charge in [0, 0.05) is 11.8 Å². The summed E-state index contributed by atoms with van der Waals surface area (Å²) >= 11 is 0. The van der Waals surface area contributed by atoms with Gasteiger partial charge in [0.25, 0.3) is 0 Å². The number of rotatable bonds is 1. The van der Waals surface area contributed by atoms with Crippen LogP contribution in [0.15, 0.2) is 23.5 Å². The lowest BCUT2D eigenvalue weighted by atomic mass is 9.67. The normalized spacial score (nSPS) is 36.9. The average molecular weight is 194 g/mol. The lowest BCUT2D eigenvalue weighted by Gasteiger charge is -2.41. The van der Waals surface area contributed by atoms with Crippen LogP contribution in [0.2, 0.25) is 0 Å². The van der Waals surface area contributed by atoms with Crippen LogP contribution in [0.4, 0.5) is 0 Å². The number of fused-ring (bicyclic) bond motifs is 1. The van der Waals surface area contributed by atoms with Crippen molar-refractivity contribution in [2.75, 3.05) is 7.11 Å². The standard InChI is InChI=1S/C12H18O2/c1-12-8-10(14-2)7-6-9(12)4-3-5-11(12)13/h6,8,11,13H,3-5,7H2,1-2H3. The second kappa shape index (κ2) is 3.43. The molecule has 0 bridgehead atoms. The Morgan fingerprint density at radius 1 is 1.57 bits per heavy atom. The number of allylic oxidation sites excluding steroid dienone is 1. The highest BCUT2D eigenvalue weighted by Gasteiger charge is 2.39. The minimum Gasteiger partial charge on any atom is -0.501 e. The summed E-state index contributed by atoms with van der Waals surface area (Å²) in [5.41, 5.74) is 1.22. The first-order valence-corrected chi connectivity index (χ1v) is 5.30. The Labute approximate surface area is 85.3 Å². The van der Waals surface area contributed by atoms with Crippen molar-refractivity contribution in [1.82, 2.24) is 0 Å². The number of hydrogen-bond acceptors (Lipinski definition) is 2. The Hall–Kier alpha value is -0.760. The lowest BCUT2D eigenvalue weighted by Crippen LogP contribution is -2.37. The zero-order valence-corrected chi connectivity index (χ0v) is 8.92. The quantitative estimate of drug-likeness (QED) is 0.649. The highest BCUT2D eigenvalue weighted by atomic mass is 16.5. The van der Waals surface area contributed by atoms with Gasteiger partial charge in [-0.15, -0.1) is 0 Å². The maximum absolute atomic E-state index is 10.0. The van der Waals surface area contributed by atoms with E-state index in [0.717, 1.165) is 31.4 Å². The van der Waals surface area contributed by atoms with E-state index in [-0.39, 0.29) is 11.5 Å². The summed E-state index contributed by atoms with van der Waals surface area (Å²) in [6, 6.07) is 0. The first-order valence-electron chi connectivity index (χ1n) is 5.30. The number of aliphatic hydroxyl groups excluding tert-OH is 1. The first-order chi connectivity index (χ1) is 6.66. The minimum absolute atomic E-state index is 0.165. The Balaban J connectivity index is 2.32. The van der Waals surface area contributed by atoms with E-state index in [4.69, 9.17) is 4.74 Å². The summed E-state index contributed by atoms with van der Waals surface area (Å²) in [6.07, 6.45) is 8.11. The van der Waals surface area contributed by atoms with E-state index in [1.165, 1.54) is 5.57 Å². The van der Waals surface area contributed by atoms with Crippen LogP contribution in [-0.2, 0) is 4.74 Å². The third-order valence-corrected chi connectivity index (χ3v) is 3.58. The fourth-order valence-corrected chi connectivity index (χ4v) is 2.54. The van der Waals surface area contributed by atoms with Crippen molar-refractivity contribution in [3.8, 4) is 0 Å². The molecule has 2 aliphatic carbocycles. The van der Waals surface area contributed by atoms with Crippen LogP contribution in [-0.4, -0.2) is 18.3 Å². The van der Waals surface area contributed by atoms with E-state index >= 15 is 0 Å². The number of methoxy groups -OCH3 is 1. The number of hydrogen-bond donors (Lipinski definition) is 1. The van der Waals surface area contributed by atoms with Crippen LogP contribution in [0.1, 0.15) is 32.6 Å². The van der Waals surface area contributed by atoms with Crippen molar-refractivity contribution in [3.63, 3.8) is 0 Å². The summed E-state index contributed by atoms with van der Waals surface area (Å²) in [5.74, 6) is 0.984. The number of aliphatic hydroxyl groups is 1. The van der Waals surface area contributed by atoms with Gasteiger partial charge in [-0.1, -0.05) is 11.6 Å². The molecule has 2 heteroatoms. The summed E-state index contributed by atoms with van der Waals surface area (Å²) in [6.45, 7) is 2.11. The Morgan fingerprint density at radius 3 is 3.07 bits per heavy atom. The zero-order chi connectivity index (χ0) is 10.2. The van der Waals surface area contributed by atoms with Crippen molar-refractivity contribution in [1.29, 1.82) is 0 Å². The average Bonchev–Trinajstić information content (AvgIpc) is 2.19.